The van der Waals surface area contributed by atoms with Crippen LogP contribution in [0.2, 0.25) is 0 Å². The van der Waals surface area contributed by atoms with Crippen molar-refractivity contribution in [2.75, 3.05) is 13.2 Å². The van der Waals surface area contributed by atoms with Crippen molar-refractivity contribution in [3.63, 3.8) is 0 Å². The van der Waals surface area contributed by atoms with Gasteiger partial charge in [-0.1, -0.05) is 26.2 Å². The first-order chi connectivity index (χ1) is 12.6. The molecule has 2 fully saturated rings. The Bertz CT molecular complexity index is 696. The third-order valence-corrected chi connectivity index (χ3v) is 5.59. The van der Waals surface area contributed by atoms with E-state index in [-0.39, 0.29) is 24.2 Å². The van der Waals surface area contributed by atoms with Crippen molar-refractivity contribution >= 4 is 17.9 Å². The van der Waals surface area contributed by atoms with Crippen molar-refractivity contribution in [1.82, 2.24) is 0 Å². The first-order valence-electron chi connectivity index (χ1n) is 8.49. The van der Waals surface area contributed by atoms with E-state index in [1.807, 2.05) is 0 Å². The Morgan fingerprint density at radius 2 is 2.11 bits per heavy atom. The molecule has 148 valence electrons. The molecule has 6 atom stereocenters. The van der Waals surface area contributed by atoms with E-state index < -0.39 is 59.9 Å². The molecule has 1 heterocycles. The molecule has 1 aliphatic heterocycles. The normalized spacial score (nSPS) is 34.0. The molecule has 0 unspecified atom stereocenters. The second kappa shape index (κ2) is 7.66. The molecule has 0 aromatic rings. The molecule has 0 amide bonds. The van der Waals surface area contributed by atoms with Crippen LogP contribution in [0.1, 0.15) is 13.3 Å². The van der Waals surface area contributed by atoms with E-state index in [9.17, 15) is 24.6 Å². The van der Waals surface area contributed by atoms with Gasteiger partial charge in [-0.3, -0.25) is 4.79 Å². The number of aliphatic hydroxyl groups is 2. The Balaban J connectivity index is 2.47. The number of hydrogen-bond donors (Lipinski definition) is 3. The number of aliphatic carboxylic acids is 1. The summed E-state index contributed by atoms with van der Waals surface area (Å²) in [5.74, 6) is -5.62. The lowest BCUT2D eigenvalue weighted by Gasteiger charge is -2.53. The topological polar surface area (TPSA) is 130 Å². The van der Waals surface area contributed by atoms with E-state index in [2.05, 4.69) is 19.7 Å². The summed E-state index contributed by atoms with van der Waals surface area (Å²) in [4.78, 5) is 35.6. The molecule has 0 aromatic heterocycles. The van der Waals surface area contributed by atoms with Gasteiger partial charge in [-0.25, -0.2) is 9.59 Å². The summed E-state index contributed by atoms with van der Waals surface area (Å²) in [5.41, 5.74) is -1.12. The SMILES string of the molecule is C=C[C@@]12COC(=O)C(=C)[C@@H]1[C@@H](O)[C@H]([C@@H](C)C(=O)O)[C@@H](OC(=O)C(=C)CO)C2. The zero-order valence-corrected chi connectivity index (χ0v) is 15.1. The summed E-state index contributed by atoms with van der Waals surface area (Å²) in [6.45, 7) is 11.5. The highest BCUT2D eigenvalue weighted by atomic mass is 16.6. The fraction of sp³-hybridized carbons (Fsp3) is 0.526. The van der Waals surface area contributed by atoms with Crippen LogP contribution >= 0.6 is 0 Å². The minimum absolute atomic E-state index is 0.0285. The Morgan fingerprint density at radius 1 is 1.48 bits per heavy atom. The van der Waals surface area contributed by atoms with Crippen LogP contribution in [-0.2, 0) is 23.9 Å². The van der Waals surface area contributed by atoms with Crippen LogP contribution < -0.4 is 0 Å². The Kier molecular flexibility index (Phi) is 5.91. The van der Waals surface area contributed by atoms with E-state index in [0.29, 0.717) is 0 Å². The molecule has 1 aliphatic carbocycles. The minimum atomic E-state index is -1.33. The molecule has 0 aromatic carbocycles. The average molecular weight is 380 g/mol. The number of rotatable bonds is 6. The maximum atomic E-state index is 12.1. The standard InChI is InChI=1S/C19H24O8/c1-5-19-6-12(27-17(24)9(2)7-20)13(10(3)16(22)23)15(21)14(19)11(4)18(25)26-8-19/h5,10,12-15,20-21H,1-2,4,6-8H2,3H3,(H,22,23)/t10-,12+,13-,14-,15+,19-/m1/s1. The molecule has 0 radical (unpaired) electrons. The number of carboxylic acid groups (broad SMARTS) is 1. The van der Waals surface area contributed by atoms with Gasteiger partial charge in [0.15, 0.2) is 0 Å². The number of carboxylic acids is 1. The van der Waals surface area contributed by atoms with Crippen molar-refractivity contribution in [3.8, 4) is 0 Å². The quantitative estimate of drug-likeness (QED) is 0.344. The van der Waals surface area contributed by atoms with Crippen LogP contribution in [-0.4, -0.2) is 58.6 Å². The van der Waals surface area contributed by atoms with Crippen LogP contribution in [0.25, 0.3) is 0 Å². The lowest BCUT2D eigenvalue weighted by molar-refractivity contribution is -0.188. The Hall–Kier alpha value is -2.45. The number of carbonyl (C=O) groups is 3. The lowest BCUT2D eigenvalue weighted by atomic mass is 9.56. The van der Waals surface area contributed by atoms with Gasteiger partial charge in [-0.2, -0.15) is 0 Å². The summed E-state index contributed by atoms with van der Waals surface area (Å²) in [7, 11) is 0. The van der Waals surface area contributed by atoms with Crippen LogP contribution in [0.3, 0.4) is 0 Å². The molecule has 3 N–H and O–H groups in total. The summed E-state index contributed by atoms with van der Waals surface area (Å²) >= 11 is 0. The van der Waals surface area contributed by atoms with E-state index in [4.69, 9.17) is 14.6 Å². The van der Waals surface area contributed by atoms with Gasteiger partial charge in [0.1, 0.15) is 12.7 Å². The average Bonchev–Trinajstić information content (AvgIpc) is 2.63. The van der Waals surface area contributed by atoms with E-state index in [1.165, 1.54) is 13.0 Å². The second-order valence-electron chi connectivity index (χ2n) is 7.12. The van der Waals surface area contributed by atoms with E-state index in [1.54, 1.807) is 0 Å². The maximum Gasteiger partial charge on any atom is 0.336 e. The smallest absolute Gasteiger partial charge is 0.336 e. The molecule has 8 nitrogen and oxygen atoms in total. The summed E-state index contributed by atoms with van der Waals surface area (Å²) < 4.78 is 10.5. The molecule has 1 saturated carbocycles. The highest BCUT2D eigenvalue weighted by molar-refractivity contribution is 5.90. The second-order valence-corrected chi connectivity index (χ2v) is 7.12. The van der Waals surface area contributed by atoms with Crippen LogP contribution in [0.15, 0.2) is 37.0 Å². The molecule has 0 spiro atoms. The molecule has 2 aliphatic rings. The van der Waals surface area contributed by atoms with Crippen molar-refractivity contribution in [1.29, 1.82) is 0 Å². The summed E-state index contributed by atoms with van der Waals surface area (Å²) in [6, 6.07) is 0. The first-order valence-corrected chi connectivity index (χ1v) is 8.49. The number of aliphatic hydroxyl groups excluding tert-OH is 2. The number of hydrogen-bond acceptors (Lipinski definition) is 7. The van der Waals surface area contributed by atoms with Gasteiger partial charge in [0.25, 0.3) is 0 Å². The van der Waals surface area contributed by atoms with Gasteiger partial charge in [0, 0.05) is 22.8 Å². The highest BCUT2D eigenvalue weighted by Gasteiger charge is 2.59. The highest BCUT2D eigenvalue weighted by Crippen LogP contribution is 2.52. The third kappa shape index (κ3) is 3.54. The molecular weight excluding hydrogens is 356 g/mol. The van der Waals surface area contributed by atoms with Crippen LogP contribution in [0, 0.1) is 23.2 Å². The van der Waals surface area contributed by atoms with E-state index >= 15 is 0 Å². The first kappa shape index (κ1) is 20.9. The van der Waals surface area contributed by atoms with Gasteiger partial charge < -0.3 is 24.8 Å². The minimum Gasteiger partial charge on any atom is -0.481 e. The maximum absolute atomic E-state index is 12.1. The van der Waals surface area contributed by atoms with Gasteiger partial charge in [0.05, 0.1) is 24.2 Å². The molecule has 27 heavy (non-hydrogen) atoms. The van der Waals surface area contributed by atoms with Crippen LogP contribution in [0.4, 0.5) is 0 Å². The predicted octanol–water partition coefficient (Wildman–Crippen LogP) is 0.450. The predicted molar refractivity (Wildman–Crippen MR) is 93.2 cm³/mol. The number of fused-ring (bicyclic) bond motifs is 1. The largest absolute Gasteiger partial charge is 0.481 e. The summed E-state index contributed by atoms with van der Waals surface area (Å²) in [6.07, 6.45) is -0.747. The van der Waals surface area contributed by atoms with Gasteiger partial charge in [-0.15, -0.1) is 6.58 Å². The Morgan fingerprint density at radius 3 is 2.63 bits per heavy atom. The fourth-order valence-electron chi connectivity index (χ4n) is 4.00. The van der Waals surface area contributed by atoms with Gasteiger partial charge >= 0.3 is 17.9 Å². The van der Waals surface area contributed by atoms with Crippen LogP contribution in [0.5, 0.6) is 0 Å². The molecular formula is C19H24O8. The van der Waals surface area contributed by atoms with Crippen molar-refractivity contribution < 1.29 is 39.2 Å². The fourth-order valence-corrected chi connectivity index (χ4v) is 4.00. The molecule has 1 saturated heterocycles. The zero-order valence-electron chi connectivity index (χ0n) is 15.1. The lowest BCUT2D eigenvalue weighted by Crippen LogP contribution is -2.60. The number of cyclic esters (lactones) is 1. The molecule has 8 heteroatoms. The van der Waals surface area contributed by atoms with E-state index in [0.717, 1.165) is 0 Å². The number of esters is 2. The van der Waals surface area contributed by atoms with Crippen molar-refractivity contribution in [2.45, 2.75) is 25.6 Å². The summed E-state index contributed by atoms with van der Waals surface area (Å²) in [5, 5.41) is 29.5. The van der Waals surface area contributed by atoms with Crippen molar-refractivity contribution in [3.05, 3.63) is 37.0 Å². The van der Waals surface area contributed by atoms with Crippen molar-refractivity contribution in [2.24, 2.45) is 23.2 Å². The Labute approximate surface area is 156 Å². The number of ether oxygens (including phenoxy) is 2. The number of carbonyl (C=O) groups excluding carboxylic acids is 2. The molecule has 0 bridgehead atoms. The third-order valence-electron chi connectivity index (χ3n) is 5.59. The van der Waals surface area contributed by atoms with Gasteiger partial charge in [-0.05, 0) is 6.42 Å². The monoisotopic (exact) mass is 380 g/mol. The molecule has 2 rings (SSSR count). The zero-order chi connectivity index (χ0) is 20.5. The van der Waals surface area contributed by atoms with Gasteiger partial charge in [0.2, 0.25) is 0 Å².